The van der Waals surface area contributed by atoms with Crippen LogP contribution in [0.15, 0.2) is 41.0 Å². The molecule has 3 nitrogen and oxygen atoms in total. The quantitative estimate of drug-likeness (QED) is 0.764. The maximum absolute atomic E-state index is 5.68. The molecular formula is C13H15ClN2O. The predicted octanol–water partition coefficient (Wildman–Crippen LogP) is 3.09. The number of aromatic nitrogens is 1. The van der Waals surface area contributed by atoms with Crippen LogP contribution in [0.25, 0.3) is 0 Å². The number of hydrogen-bond acceptors (Lipinski definition) is 3. The van der Waals surface area contributed by atoms with E-state index in [9.17, 15) is 0 Å². The van der Waals surface area contributed by atoms with Crippen molar-refractivity contribution in [1.29, 1.82) is 0 Å². The molecule has 0 spiro atoms. The van der Waals surface area contributed by atoms with E-state index in [4.69, 9.17) is 16.0 Å². The van der Waals surface area contributed by atoms with Crippen LogP contribution in [-0.4, -0.2) is 18.6 Å². The van der Waals surface area contributed by atoms with Gasteiger partial charge in [-0.2, -0.15) is 4.98 Å². The van der Waals surface area contributed by atoms with Crippen molar-refractivity contribution in [3.05, 3.63) is 47.9 Å². The summed E-state index contributed by atoms with van der Waals surface area (Å²) in [7, 11) is 1.97. The van der Waals surface area contributed by atoms with Crippen LogP contribution in [0.5, 0.6) is 0 Å². The van der Waals surface area contributed by atoms with Crippen molar-refractivity contribution in [1.82, 2.24) is 4.98 Å². The van der Waals surface area contributed by atoms with Gasteiger partial charge >= 0.3 is 0 Å². The number of oxazole rings is 1. The summed E-state index contributed by atoms with van der Waals surface area (Å²) in [6.07, 6.45) is 2.57. The van der Waals surface area contributed by atoms with Crippen molar-refractivity contribution in [3.63, 3.8) is 0 Å². The zero-order chi connectivity index (χ0) is 12.1. The van der Waals surface area contributed by atoms with Crippen molar-refractivity contribution in [3.8, 4) is 0 Å². The Morgan fingerprint density at radius 3 is 2.71 bits per heavy atom. The second-order valence-electron chi connectivity index (χ2n) is 3.91. The number of rotatable bonds is 5. The highest BCUT2D eigenvalue weighted by molar-refractivity contribution is 6.16. The SMILES string of the molecule is CN(CCc1ccccc1)c1nc(CCl)co1. The van der Waals surface area contributed by atoms with Crippen LogP contribution in [0.3, 0.4) is 0 Å². The summed E-state index contributed by atoms with van der Waals surface area (Å²) in [4.78, 5) is 6.26. The van der Waals surface area contributed by atoms with Crippen molar-refractivity contribution in [2.24, 2.45) is 0 Å². The van der Waals surface area contributed by atoms with E-state index in [2.05, 4.69) is 17.1 Å². The maximum Gasteiger partial charge on any atom is 0.297 e. The van der Waals surface area contributed by atoms with Crippen LogP contribution in [0.1, 0.15) is 11.3 Å². The minimum absolute atomic E-state index is 0.385. The first-order valence-electron chi connectivity index (χ1n) is 5.55. The van der Waals surface area contributed by atoms with Crippen molar-refractivity contribution in [2.75, 3.05) is 18.5 Å². The molecule has 0 fully saturated rings. The number of nitrogens with zero attached hydrogens (tertiary/aromatic N) is 2. The van der Waals surface area contributed by atoms with Crippen molar-refractivity contribution in [2.45, 2.75) is 12.3 Å². The molecule has 0 unspecified atom stereocenters. The number of likely N-dealkylation sites (N-methyl/N-ethyl adjacent to an activating group) is 1. The maximum atomic E-state index is 5.68. The zero-order valence-corrected chi connectivity index (χ0v) is 10.5. The minimum atomic E-state index is 0.385. The average molecular weight is 251 g/mol. The Kier molecular flexibility index (Phi) is 4.04. The molecule has 0 saturated heterocycles. The van der Waals surface area contributed by atoms with Gasteiger partial charge in [-0.25, -0.2) is 0 Å². The number of hydrogen-bond donors (Lipinski definition) is 0. The molecule has 17 heavy (non-hydrogen) atoms. The predicted molar refractivity (Wildman–Crippen MR) is 69.5 cm³/mol. The summed E-state index contributed by atoms with van der Waals surface area (Å²) in [6, 6.07) is 11.0. The van der Waals surface area contributed by atoms with Gasteiger partial charge in [0.2, 0.25) is 0 Å². The lowest BCUT2D eigenvalue weighted by Crippen LogP contribution is -2.20. The van der Waals surface area contributed by atoms with Crippen LogP contribution in [0.4, 0.5) is 6.01 Å². The van der Waals surface area contributed by atoms with E-state index in [0.29, 0.717) is 11.9 Å². The summed E-state index contributed by atoms with van der Waals surface area (Å²) in [5, 5.41) is 0. The molecule has 90 valence electrons. The van der Waals surface area contributed by atoms with Gasteiger partial charge in [-0.05, 0) is 12.0 Å². The highest BCUT2D eigenvalue weighted by atomic mass is 35.5. The fourth-order valence-corrected chi connectivity index (χ4v) is 1.69. The van der Waals surface area contributed by atoms with E-state index in [-0.39, 0.29) is 0 Å². The first-order chi connectivity index (χ1) is 8.29. The first-order valence-corrected chi connectivity index (χ1v) is 6.08. The molecular weight excluding hydrogens is 236 g/mol. The molecule has 0 aliphatic heterocycles. The molecule has 2 rings (SSSR count). The first kappa shape index (κ1) is 12.0. The van der Waals surface area contributed by atoms with Gasteiger partial charge in [0.05, 0.1) is 11.6 Å². The lowest BCUT2D eigenvalue weighted by atomic mass is 10.1. The molecule has 0 aliphatic carbocycles. The normalized spacial score (nSPS) is 10.5. The Balaban J connectivity index is 1.91. The van der Waals surface area contributed by atoms with Crippen molar-refractivity contribution < 1.29 is 4.42 Å². The fourth-order valence-electron chi connectivity index (χ4n) is 1.57. The summed E-state index contributed by atoms with van der Waals surface area (Å²) in [5.74, 6) is 0.385. The van der Waals surface area contributed by atoms with Gasteiger partial charge in [-0.1, -0.05) is 30.3 Å². The lowest BCUT2D eigenvalue weighted by molar-refractivity contribution is 0.545. The lowest BCUT2D eigenvalue weighted by Gasteiger charge is -2.13. The van der Waals surface area contributed by atoms with Gasteiger partial charge in [-0.3, -0.25) is 0 Å². The zero-order valence-electron chi connectivity index (χ0n) is 9.77. The van der Waals surface area contributed by atoms with E-state index in [0.717, 1.165) is 18.7 Å². The molecule has 1 aromatic heterocycles. The molecule has 0 saturated carbocycles. The Hall–Kier alpha value is -1.48. The summed E-state index contributed by atoms with van der Waals surface area (Å²) < 4.78 is 5.34. The van der Waals surface area contributed by atoms with Crippen LogP contribution in [0.2, 0.25) is 0 Å². The van der Waals surface area contributed by atoms with Gasteiger partial charge in [0.15, 0.2) is 0 Å². The molecule has 4 heteroatoms. The van der Waals surface area contributed by atoms with Gasteiger partial charge in [0.25, 0.3) is 6.01 Å². The Bertz CT molecular complexity index is 455. The van der Waals surface area contributed by atoms with Crippen molar-refractivity contribution >= 4 is 17.6 Å². The molecule has 1 aromatic carbocycles. The monoisotopic (exact) mass is 250 g/mol. The highest BCUT2D eigenvalue weighted by Gasteiger charge is 2.08. The molecule has 2 aromatic rings. The second-order valence-corrected chi connectivity index (χ2v) is 4.18. The van der Waals surface area contributed by atoms with Crippen LogP contribution < -0.4 is 4.90 Å². The molecule has 0 radical (unpaired) electrons. The van der Waals surface area contributed by atoms with E-state index in [1.165, 1.54) is 5.56 Å². The average Bonchev–Trinajstić information content (AvgIpc) is 2.86. The molecule has 0 aliphatic rings. The Morgan fingerprint density at radius 1 is 1.29 bits per heavy atom. The van der Waals surface area contributed by atoms with Crippen LogP contribution in [0, 0.1) is 0 Å². The number of alkyl halides is 1. The highest BCUT2D eigenvalue weighted by Crippen LogP contribution is 2.13. The standard InChI is InChI=1S/C13H15ClN2O/c1-16(13-15-12(9-14)10-17-13)8-7-11-5-3-2-4-6-11/h2-6,10H,7-9H2,1H3. The topological polar surface area (TPSA) is 29.3 Å². The largest absolute Gasteiger partial charge is 0.432 e. The van der Waals surface area contributed by atoms with Gasteiger partial charge in [0, 0.05) is 13.6 Å². The number of anilines is 1. The third-order valence-corrected chi connectivity index (χ3v) is 2.86. The van der Waals surface area contributed by atoms with Gasteiger partial charge in [-0.15, -0.1) is 11.6 Å². The molecule has 0 atom stereocenters. The Labute approximate surface area is 106 Å². The number of benzene rings is 1. The van der Waals surface area contributed by atoms with E-state index in [1.807, 2.05) is 30.1 Å². The summed E-state index contributed by atoms with van der Waals surface area (Å²) in [5.41, 5.74) is 2.08. The minimum Gasteiger partial charge on any atom is -0.432 e. The molecule has 0 amide bonds. The Morgan fingerprint density at radius 2 is 2.06 bits per heavy atom. The van der Waals surface area contributed by atoms with Gasteiger partial charge in [0.1, 0.15) is 6.26 Å². The third-order valence-electron chi connectivity index (χ3n) is 2.58. The second kappa shape index (κ2) is 5.73. The van der Waals surface area contributed by atoms with E-state index in [1.54, 1.807) is 6.26 Å². The number of halogens is 1. The molecule has 0 N–H and O–H groups in total. The van der Waals surface area contributed by atoms with E-state index >= 15 is 0 Å². The van der Waals surface area contributed by atoms with E-state index < -0.39 is 0 Å². The molecule has 0 bridgehead atoms. The molecule has 1 heterocycles. The van der Waals surface area contributed by atoms with Crippen LogP contribution in [-0.2, 0) is 12.3 Å². The smallest absolute Gasteiger partial charge is 0.297 e. The fraction of sp³-hybridized carbons (Fsp3) is 0.308. The van der Waals surface area contributed by atoms with Crippen LogP contribution >= 0.6 is 11.6 Å². The van der Waals surface area contributed by atoms with Gasteiger partial charge < -0.3 is 9.32 Å². The summed E-state index contributed by atoms with van der Waals surface area (Å²) in [6.45, 7) is 0.867. The third kappa shape index (κ3) is 3.24. The summed E-state index contributed by atoms with van der Waals surface area (Å²) >= 11 is 5.68.